The number of likely N-dealkylation sites (tertiary alicyclic amines) is 1. The Bertz CT molecular complexity index is 1100. The van der Waals surface area contributed by atoms with Crippen LogP contribution in [0.25, 0.3) is 5.57 Å². The lowest BCUT2D eigenvalue weighted by Crippen LogP contribution is -2.43. The van der Waals surface area contributed by atoms with Crippen molar-refractivity contribution in [2.75, 3.05) is 40.0 Å². The van der Waals surface area contributed by atoms with Crippen molar-refractivity contribution in [2.45, 2.75) is 57.6 Å². The topological polar surface area (TPSA) is 60.0 Å². The molecule has 4 aliphatic rings. The molecule has 3 atom stereocenters. The van der Waals surface area contributed by atoms with E-state index in [-0.39, 0.29) is 18.1 Å². The van der Waals surface area contributed by atoms with Gasteiger partial charge in [0.25, 0.3) is 0 Å². The first kappa shape index (κ1) is 25.8. The molecule has 2 fully saturated rings. The van der Waals surface area contributed by atoms with Crippen LogP contribution in [0.5, 0.6) is 5.75 Å². The number of methoxy groups -OCH3 is 1. The van der Waals surface area contributed by atoms with Gasteiger partial charge >= 0.3 is 0 Å². The number of hydrogen-bond donors (Lipinski definition) is 1. The molecule has 5 rings (SSSR count). The highest BCUT2D eigenvalue weighted by atomic mass is 16.6. The highest BCUT2D eigenvalue weighted by Gasteiger charge is 2.27. The normalized spacial score (nSPS) is 24.6. The molecule has 6 heteroatoms. The molecule has 2 aliphatic heterocycles. The van der Waals surface area contributed by atoms with Crippen LogP contribution in [0.3, 0.4) is 0 Å². The number of benzene rings is 1. The van der Waals surface area contributed by atoms with Crippen molar-refractivity contribution in [3.63, 3.8) is 0 Å². The Morgan fingerprint density at radius 2 is 2.08 bits per heavy atom. The second kappa shape index (κ2) is 12.1. The number of carbonyl (C=O) groups is 1. The van der Waals surface area contributed by atoms with Crippen molar-refractivity contribution in [3.05, 3.63) is 71.0 Å². The minimum Gasteiger partial charge on any atom is -0.497 e. The van der Waals surface area contributed by atoms with E-state index in [1.807, 2.05) is 12.1 Å². The van der Waals surface area contributed by atoms with E-state index in [1.54, 1.807) is 7.11 Å². The number of hydrogen-bond acceptors (Lipinski definition) is 5. The maximum atomic E-state index is 13.3. The SMILES string of the molecule is COc1cccc(C2=CC=C(CC(=O)N[C@@H](CC3=CCC4OCCOC4=C3)CN3CCCC3)C(C)C2)c1. The van der Waals surface area contributed by atoms with Gasteiger partial charge in [0.2, 0.25) is 5.91 Å². The molecule has 198 valence electrons. The first-order valence-corrected chi connectivity index (χ1v) is 13.8. The summed E-state index contributed by atoms with van der Waals surface area (Å²) in [6.45, 7) is 6.61. The second-order valence-corrected chi connectivity index (χ2v) is 10.7. The van der Waals surface area contributed by atoms with E-state index in [0.29, 0.717) is 25.6 Å². The Balaban J connectivity index is 1.23. The summed E-state index contributed by atoms with van der Waals surface area (Å²) >= 11 is 0. The molecule has 2 aliphatic carbocycles. The van der Waals surface area contributed by atoms with Gasteiger partial charge in [-0.05, 0) is 86.0 Å². The van der Waals surface area contributed by atoms with Crippen molar-refractivity contribution >= 4 is 11.5 Å². The van der Waals surface area contributed by atoms with Crippen LogP contribution >= 0.6 is 0 Å². The number of fused-ring (bicyclic) bond motifs is 1. The van der Waals surface area contributed by atoms with Gasteiger partial charge in [0.05, 0.1) is 13.7 Å². The predicted molar refractivity (Wildman–Crippen MR) is 146 cm³/mol. The van der Waals surface area contributed by atoms with Crippen LogP contribution in [-0.2, 0) is 14.3 Å². The summed E-state index contributed by atoms with van der Waals surface area (Å²) in [4.78, 5) is 15.7. The van der Waals surface area contributed by atoms with Gasteiger partial charge in [-0.15, -0.1) is 0 Å². The van der Waals surface area contributed by atoms with Gasteiger partial charge in [0, 0.05) is 19.0 Å². The summed E-state index contributed by atoms with van der Waals surface area (Å²) in [7, 11) is 1.70. The molecule has 0 saturated carbocycles. The van der Waals surface area contributed by atoms with E-state index in [2.05, 4.69) is 53.6 Å². The predicted octanol–water partition coefficient (Wildman–Crippen LogP) is 5.04. The molecule has 0 aromatic heterocycles. The minimum absolute atomic E-state index is 0.0544. The minimum atomic E-state index is 0.0544. The maximum absolute atomic E-state index is 13.3. The number of allylic oxidation sites excluding steroid dienone is 4. The zero-order valence-corrected chi connectivity index (χ0v) is 22.2. The van der Waals surface area contributed by atoms with E-state index in [0.717, 1.165) is 50.4 Å². The fourth-order valence-electron chi connectivity index (χ4n) is 5.84. The fourth-order valence-corrected chi connectivity index (χ4v) is 5.84. The number of amides is 1. The fraction of sp³-hybridized carbons (Fsp3) is 0.516. The number of carbonyl (C=O) groups excluding carboxylic acids is 1. The van der Waals surface area contributed by atoms with Gasteiger partial charge in [-0.2, -0.15) is 0 Å². The van der Waals surface area contributed by atoms with Crippen LogP contribution in [0, 0.1) is 5.92 Å². The van der Waals surface area contributed by atoms with Crippen LogP contribution in [0.1, 0.15) is 51.0 Å². The zero-order chi connectivity index (χ0) is 25.6. The molecular weight excluding hydrogens is 464 g/mol. The third-order valence-corrected chi connectivity index (χ3v) is 7.90. The molecule has 37 heavy (non-hydrogen) atoms. The standard InChI is InChI=1S/C31H40N2O4/c1-22-16-26(25-6-5-7-28(19-25)35-2)10-9-24(22)20-31(34)32-27(21-33-12-3-4-13-33)17-23-8-11-29-30(18-23)37-15-14-36-29/h5-10,18-19,22,27,29H,3-4,11-17,20-21H2,1-2H3,(H,32,34)/t22?,27-,29?/m0/s1. The van der Waals surface area contributed by atoms with Crippen molar-refractivity contribution < 1.29 is 19.0 Å². The third-order valence-electron chi connectivity index (χ3n) is 7.90. The average molecular weight is 505 g/mol. The maximum Gasteiger partial charge on any atom is 0.224 e. The lowest BCUT2D eigenvalue weighted by Gasteiger charge is -2.30. The van der Waals surface area contributed by atoms with E-state index >= 15 is 0 Å². The Kier molecular flexibility index (Phi) is 8.47. The van der Waals surface area contributed by atoms with E-state index in [4.69, 9.17) is 14.2 Å². The third kappa shape index (κ3) is 6.74. The molecular formula is C31H40N2O4. The van der Waals surface area contributed by atoms with Gasteiger partial charge in [0.1, 0.15) is 24.2 Å². The summed E-state index contributed by atoms with van der Waals surface area (Å²) in [5.74, 6) is 2.24. The summed E-state index contributed by atoms with van der Waals surface area (Å²) in [5, 5.41) is 3.39. The van der Waals surface area contributed by atoms with Crippen molar-refractivity contribution in [1.82, 2.24) is 10.2 Å². The molecule has 2 heterocycles. The number of nitrogens with one attached hydrogen (secondary N) is 1. The number of nitrogens with zero attached hydrogens (tertiary/aromatic N) is 1. The van der Waals surface area contributed by atoms with Gasteiger partial charge in [-0.1, -0.05) is 42.9 Å². The lowest BCUT2D eigenvalue weighted by molar-refractivity contribution is -0.121. The summed E-state index contributed by atoms with van der Waals surface area (Å²) in [6.07, 6.45) is 14.3. The summed E-state index contributed by atoms with van der Waals surface area (Å²) in [6, 6.07) is 8.27. The molecule has 1 aromatic carbocycles. The molecule has 0 bridgehead atoms. The van der Waals surface area contributed by atoms with E-state index in [9.17, 15) is 4.79 Å². The Labute approximate surface area is 221 Å². The molecule has 1 aromatic rings. The van der Waals surface area contributed by atoms with Crippen LogP contribution in [0.2, 0.25) is 0 Å². The highest BCUT2D eigenvalue weighted by Crippen LogP contribution is 2.34. The monoisotopic (exact) mass is 504 g/mol. The van der Waals surface area contributed by atoms with Crippen LogP contribution in [0.4, 0.5) is 0 Å². The second-order valence-electron chi connectivity index (χ2n) is 10.7. The Morgan fingerprint density at radius 3 is 2.89 bits per heavy atom. The first-order valence-electron chi connectivity index (χ1n) is 13.8. The van der Waals surface area contributed by atoms with Crippen LogP contribution < -0.4 is 10.1 Å². The Morgan fingerprint density at radius 1 is 1.22 bits per heavy atom. The molecule has 1 N–H and O–H groups in total. The van der Waals surface area contributed by atoms with Gasteiger partial charge < -0.3 is 24.4 Å². The average Bonchev–Trinajstić information content (AvgIpc) is 3.43. The van der Waals surface area contributed by atoms with Gasteiger partial charge in [-0.25, -0.2) is 0 Å². The molecule has 6 nitrogen and oxygen atoms in total. The number of rotatable bonds is 9. The number of ether oxygens (including phenoxy) is 3. The van der Waals surface area contributed by atoms with E-state index < -0.39 is 0 Å². The molecule has 2 saturated heterocycles. The van der Waals surface area contributed by atoms with Crippen molar-refractivity contribution in [3.8, 4) is 5.75 Å². The molecule has 0 radical (unpaired) electrons. The van der Waals surface area contributed by atoms with Crippen LogP contribution in [0.15, 0.2) is 65.5 Å². The van der Waals surface area contributed by atoms with Crippen molar-refractivity contribution in [1.29, 1.82) is 0 Å². The van der Waals surface area contributed by atoms with E-state index in [1.165, 1.54) is 35.1 Å². The largest absolute Gasteiger partial charge is 0.497 e. The quantitative estimate of drug-likeness (QED) is 0.511. The highest BCUT2D eigenvalue weighted by molar-refractivity contribution is 5.80. The molecule has 2 unspecified atom stereocenters. The van der Waals surface area contributed by atoms with Crippen molar-refractivity contribution in [2.24, 2.45) is 5.92 Å². The summed E-state index contributed by atoms with van der Waals surface area (Å²) < 4.78 is 17.1. The lowest BCUT2D eigenvalue weighted by atomic mass is 9.84. The first-order chi connectivity index (χ1) is 18.1. The molecule has 1 amide bonds. The smallest absolute Gasteiger partial charge is 0.224 e. The Hall–Kier alpha value is -2.83. The van der Waals surface area contributed by atoms with Gasteiger partial charge in [-0.3, -0.25) is 4.79 Å². The molecule has 0 spiro atoms. The zero-order valence-electron chi connectivity index (χ0n) is 22.2. The summed E-state index contributed by atoms with van der Waals surface area (Å²) in [5.41, 5.74) is 4.89. The van der Waals surface area contributed by atoms with Crippen LogP contribution in [-0.4, -0.2) is 62.9 Å². The van der Waals surface area contributed by atoms with Gasteiger partial charge in [0.15, 0.2) is 0 Å².